The van der Waals surface area contributed by atoms with Gasteiger partial charge in [-0.25, -0.2) is 0 Å². The van der Waals surface area contributed by atoms with E-state index in [9.17, 15) is 20.1 Å². The van der Waals surface area contributed by atoms with Gasteiger partial charge in [-0.1, -0.05) is 63.9 Å². The van der Waals surface area contributed by atoms with E-state index in [2.05, 4.69) is 0 Å². The molecule has 1 saturated heterocycles. The Balaban J connectivity index is 1.88. The highest BCUT2D eigenvalue weighted by Gasteiger charge is 2.35. The van der Waals surface area contributed by atoms with Crippen molar-refractivity contribution in [1.29, 1.82) is 0 Å². The van der Waals surface area contributed by atoms with E-state index in [1.165, 1.54) is 44.9 Å². The molecule has 1 heterocycles. The van der Waals surface area contributed by atoms with E-state index in [0.717, 1.165) is 38.2 Å². The van der Waals surface area contributed by atoms with Crippen LogP contribution in [0.5, 0.6) is 0 Å². The molecule has 2 N–H and O–H groups in total. The van der Waals surface area contributed by atoms with Crippen LogP contribution in [0.4, 0.5) is 0 Å². The van der Waals surface area contributed by atoms with Gasteiger partial charge in [0.2, 0.25) is 0 Å². The topological polar surface area (TPSA) is 99.1 Å². The minimum absolute atomic E-state index is 0.0405. The molecule has 170 valence electrons. The van der Waals surface area contributed by atoms with Crippen LogP contribution in [0.3, 0.4) is 0 Å². The second kappa shape index (κ2) is 15.8. The second-order valence-corrected chi connectivity index (χ2v) is 8.36. The summed E-state index contributed by atoms with van der Waals surface area (Å²) in [6.07, 6.45) is 14.6. The molecule has 0 unspecified atom stereocenters. The first kappa shape index (κ1) is 26.1. The zero-order valence-electron chi connectivity index (χ0n) is 18.3. The van der Waals surface area contributed by atoms with E-state index >= 15 is 0 Å². The van der Waals surface area contributed by atoms with Gasteiger partial charge in [0.25, 0.3) is 0 Å². The van der Waals surface area contributed by atoms with Crippen LogP contribution < -0.4 is 5.11 Å². The number of aliphatic hydroxyl groups is 2. The number of carbonyl (C=O) groups excluding carboxylic acids is 1. The van der Waals surface area contributed by atoms with Crippen LogP contribution in [0, 0.1) is 0 Å². The standard InChI is InChI=1S/C23H42O6/c1-18(28-23-21(25)17-20(24)19(2)29-23)15-13-11-9-7-5-3-4-6-8-10-12-14-16-22(26)27/h14,16,18-21,23-25H,3-13,15,17H2,1-2H3,(H,26,27)/p-1/b16-14+/t18-,19+,20-,21-,23-/m1/s1. The SMILES string of the molecule is C[C@H](CCCCCCCCCCCC/C=C/C(=O)[O-])O[C@@H]1O[C@@H](C)[C@H](O)C[C@H]1O. The number of ether oxygens (including phenoxy) is 2. The van der Waals surface area contributed by atoms with Gasteiger partial charge in [0.1, 0.15) is 6.10 Å². The smallest absolute Gasteiger partial charge is 0.184 e. The average Bonchev–Trinajstić information content (AvgIpc) is 2.66. The summed E-state index contributed by atoms with van der Waals surface area (Å²) in [5, 5.41) is 29.9. The van der Waals surface area contributed by atoms with Gasteiger partial charge in [-0.2, -0.15) is 0 Å². The molecule has 1 aliphatic heterocycles. The Hall–Kier alpha value is -0.950. The number of unbranched alkanes of at least 4 members (excludes halogenated alkanes) is 10. The van der Waals surface area contributed by atoms with E-state index in [4.69, 9.17) is 9.47 Å². The molecule has 1 aliphatic rings. The number of aliphatic carboxylic acids is 1. The zero-order valence-corrected chi connectivity index (χ0v) is 18.3. The Morgan fingerprint density at radius 2 is 1.59 bits per heavy atom. The first-order valence-electron chi connectivity index (χ1n) is 11.4. The fourth-order valence-electron chi connectivity index (χ4n) is 3.65. The molecule has 1 rings (SSSR count). The molecular formula is C23H41O6-. The lowest BCUT2D eigenvalue weighted by molar-refractivity contribution is -0.297. The lowest BCUT2D eigenvalue weighted by Gasteiger charge is -2.36. The molecule has 6 heteroatoms. The molecule has 29 heavy (non-hydrogen) atoms. The van der Waals surface area contributed by atoms with Gasteiger partial charge in [0.15, 0.2) is 6.29 Å². The number of hydrogen-bond donors (Lipinski definition) is 2. The second-order valence-electron chi connectivity index (χ2n) is 8.36. The summed E-state index contributed by atoms with van der Waals surface area (Å²) < 4.78 is 11.4. The van der Waals surface area contributed by atoms with E-state index in [1.54, 1.807) is 13.0 Å². The third-order valence-corrected chi connectivity index (χ3v) is 5.54. The van der Waals surface area contributed by atoms with Crippen molar-refractivity contribution in [3.8, 4) is 0 Å². The minimum Gasteiger partial charge on any atom is -0.545 e. The van der Waals surface area contributed by atoms with Crippen molar-refractivity contribution in [2.24, 2.45) is 0 Å². The molecule has 0 aromatic rings. The van der Waals surface area contributed by atoms with Crippen LogP contribution in [-0.4, -0.2) is 46.9 Å². The van der Waals surface area contributed by atoms with Crippen molar-refractivity contribution >= 4 is 5.97 Å². The molecule has 0 spiro atoms. The van der Waals surface area contributed by atoms with Gasteiger partial charge >= 0.3 is 0 Å². The molecule has 5 atom stereocenters. The fourth-order valence-corrected chi connectivity index (χ4v) is 3.65. The Bertz CT molecular complexity index is 453. The summed E-state index contributed by atoms with van der Waals surface area (Å²) in [5.41, 5.74) is 0. The third-order valence-electron chi connectivity index (χ3n) is 5.54. The van der Waals surface area contributed by atoms with Gasteiger partial charge in [-0.05, 0) is 39.2 Å². The van der Waals surface area contributed by atoms with Gasteiger partial charge < -0.3 is 29.6 Å². The highest BCUT2D eigenvalue weighted by Crippen LogP contribution is 2.23. The molecule has 0 radical (unpaired) electrons. The molecule has 0 amide bonds. The maximum atomic E-state index is 10.2. The first-order chi connectivity index (χ1) is 13.9. The highest BCUT2D eigenvalue weighted by atomic mass is 16.7. The molecule has 0 bridgehead atoms. The fraction of sp³-hybridized carbons (Fsp3) is 0.870. The number of carbonyl (C=O) groups is 1. The number of allylic oxidation sites excluding steroid dienone is 1. The van der Waals surface area contributed by atoms with Gasteiger partial charge in [0, 0.05) is 6.42 Å². The molecule has 0 aromatic heterocycles. The summed E-state index contributed by atoms with van der Waals surface area (Å²) in [7, 11) is 0. The summed E-state index contributed by atoms with van der Waals surface area (Å²) in [6.45, 7) is 3.81. The van der Waals surface area contributed by atoms with Crippen molar-refractivity contribution in [2.75, 3.05) is 0 Å². The maximum Gasteiger partial charge on any atom is 0.184 e. The minimum atomic E-state index is -1.11. The lowest BCUT2D eigenvalue weighted by atomic mass is 10.0. The number of hydrogen-bond acceptors (Lipinski definition) is 6. The predicted octanol–water partition coefficient (Wildman–Crippen LogP) is 3.24. The van der Waals surface area contributed by atoms with Crippen molar-refractivity contribution in [3.05, 3.63) is 12.2 Å². The number of carboxylic acid groups (broad SMARTS) is 1. The summed E-state index contributed by atoms with van der Waals surface area (Å²) >= 11 is 0. The van der Waals surface area contributed by atoms with Crippen molar-refractivity contribution in [1.82, 2.24) is 0 Å². The third kappa shape index (κ3) is 13.1. The largest absolute Gasteiger partial charge is 0.545 e. The Kier molecular flexibility index (Phi) is 14.2. The summed E-state index contributed by atoms with van der Waals surface area (Å²) in [4.78, 5) is 10.2. The Morgan fingerprint density at radius 1 is 1.03 bits per heavy atom. The Morgan fingerprint density at radius 3 is 2.17 bits per heavy atom. The van der Waals surface area contributed by atoms with Crippen LogP contribution in [0.2, 0.25) is 0 Å². The van der Waals surface area contributed by atoms with E-state index < -0.39 is 24.5 Å². The molecule has 1 fully saturated rings. The maximum absolute atomic E-state index is 10.2. The molecular weight excluding hydrogens is 372 g/mol. The quantitative estimate of drug-likeness (QED) is 0.298. The molecule has 0 saturated carbocycles. The van der Waals surface area contributed by atoms with E-state index in [0.29, 0.717) is 6.42 Å². The monoisotopic (exact) mass is 413 g/mol. The summed E-state index contributed by atoms with van der Waals surface area (Å²) in [6, 6.07) is 0. The van der Waals surface area contributed by atoms with Gasteiger partial charge in [-0.3, -0.25) is 0 Å². The number of rotatable bonds is 16. The Labute approximate surface area is 176 Å². The molecule has 0 aliphatic carbocycles. The lowest BCUT2D eigenvalue weighted by Crippen LogP contribution is -2.48. The van der Waals surface area contributed by atoms with Crippen LogP contribution in [0.15, 0.2) is 12.2 Å². The molecule has 0 aromatic carbocycles. The number of aliphatic hydroxyl groups excluding tert-OH is 2. The summed E-state index contributed by atoms with van der Waals surface area (Å²) in [5.74, 6) is -1.11. The number of carboxylic acids is 1. The van der Waals surface area contributed by atoms with Crippen LogP contribution in [0.1, 0.15) is 97.3 Å². The van der Waals surface area contributed by atoms with Crippen LogP contribution >= 0.6 is 0 Å². The van der Waals surface area contributed by atoms with Crippen LogP contribution in [0.25, 0.3) is 0 Å². The van der Waals surface area contributed by atoms with Crippen LogP contribution in [-0.2, 0) is 14.3 Å². The van der Waals surface area contributed by atoms with Crippen molar-refractivity contribution in [3.63, 3.8) is 0 Å². The molecule has 6 nitrogen and oxygen atoms in total. The normalized spacial score (nSPS) is 26.1. The predicted molar refractivity (Wildman–Crippen MR) is 111 cm³/mol. The van der Waals surface area contributed by atoms with Gasteiger partial charge in [0.05, 0.1) is 24.3 Å². The van der Waals surface area contributed by atoms with E-state index in [1.807, 2.05) is 6.92 Å². The van der Waals surface area contributed by atoms with Crippen molar-refractivity contribution in [2.45, 2.75) is 128 Å². The highest BCUT2D eigenvalue weighted by molar-refractivity contribution is 5.77. The zero-order chi connectivity index (χ0) is 21.5. The van der Waals surface area contributed by atoms with Gasteiger partial charge in [-0.15, -0.1) is 0 Å². The van der Waals surface area contributed by atoms with Crippen molar-refractivity contribution < 1.29 is 29.6 Å². The average molecular weight is 414 g/mol. The first-order valence-corrected chi connectivity index (χ1v) is 11.4. The van der Waals surface area contributed by atoms with E-state index in [-0.39, 0.29) is 12.2 Å².